The molecule has 22 heavy (non-hydrogen) atoms. The first-order valence-corrected chi connectivity index (χ1v) is 8.24. The highest BCUT2D eigenvalue weighted by Gasteiger charge is 2.47. The summed E-state index contributed by atoms with van der Waals surface area (Å²) in [7, 11) is 3.39. The Balaban J connectivity index is 2.07. The molecule has 0 amide bonds. The SMILES string of the molecule is C#CC(O)(C1CCC(OC)CC1)C1CCC(OC)C(C#N)C1. The van der Waals surface area contributed by atoms with E-state index in [-0.39, 0.29) is 30.0 Å². The van der Waals surface area contributed by atoms with Crippen molar-refractivity contribution >= 4 is 0 Å². The van der Waals surface area contributed by atoms with Crippen LogP contribution in [0.2, 0.25) is 0 Å². The van der Waals surface area contributed by atoms with Gasteiger partial charge in [0.2, 0.25) is 0 Å². The quantitative estimate of drug-likeness (QED) is 0.811. The molecule has 2 saturated carbocycles. The molecule has 2 rings (SSSR count). The van der Waals surface area contributed by atoms with Crippen LogP contribution in [0.4, 0.5) is 0 Å². The Labute approximate surface area is 133 Å². The predicted octanol–water partition coefficient (Wildman–Crippen LogP) is 2.51. The Morgan fingerprint density at radius 1 is 1.05 bits per heavy atom. The zero-order valence-corrected chi connectivity index (χ0v) is 13.6. The fourth-order valence-corrected chi connectivity index (χ4v) is 4.27. The first-order chi connectivity index (χ1) is 10.6. The number of nitriles is 1. The fourth-order valence-electron chi connectivity index (χ4n) is 4.27. The Bertz CT molecular complexity index is 444. The first-order valence-electron chi connectivity index (χ1n) is 8.24. The second kappa shape index (κ2) is 7.47. The summed E-state index contributed by atoms with van der Waals surface area (Å²) in [6, 6.07) is 2.33. The fraction of sp³-hybridized carbons (Fsp3) is 0.833. The van der Waals surface area contributed by atoms with E-state index < -0.39 is 5.60 Å². The monoisotopic (exact) mass is 305 g/mol. The zero-order chi connectivity index (χ0) is 16.2. The van der Waals surface area contributed by atoms with Crippen molar-refractivity contribution in [1.29, 1.82) is 5.26 Å². The van der Waals surface area contributed by atoms with Crippen molar-refractivity contribution in [3.8, 4) is 18.4 Å². The van der Waals surface area contributed by atoms with Gasteiger partial charge in [0.25, 0.3) is 0 Å². The third-order valence-electron chi connectivity index (χ3n) is 5.74. The summed E-state index contributed by atoms with van der Waals surface area (Å²) in [4.78, 5) is 0. The molecule has 0 radical (unpaired) electrons. The van der Waals surface area contributed by atoms with Gasteiger partial charge in [-0.2, -0.15) is 5.26 Å². The van der Waals surface area contributed by atoms with E-state index >= 15 is 0 Å². The molecule has 4 atom stereocenters. The van der Waals surface area contributed by atoms with Gasteiger partial charge in [-0.05, 0) is 50.9 Å². The lowest BCUT2D eigenvalue weighted by molar-refractivity contribution is -0.0797. The van der Waals surface area contributed by atoms with Gasteiger partial charge in [0, 0.05) is 20.1 Å². The van der Waals surface area contributed by atoms with Crippen LogP contribution in [-0.4, -0.2) is 37.1 Å². The van der Waals surface area contributed by atoms with Crippen LogP contribution in [0, 0.1) is 41.4 Å². The van der Waals surface area contributed by atoms with Gasteiger partial charge in [-0.15, -0.1) is 6.42 Å². The van der Waals surface area contributed by atoms with E-state index in [1.165, 1.54) is 0 Å². The number of hydrogen-bond acceptors (Lipinski definition) is 4. The van der Waals surface area contributed by atoms with Gasteiger partial charge in [-0.25, -0.2) is 0 Å². The maximum Gasteiger partial charge on any atom is 0.130 e. The van der Waals surface area contributed by atoms with Gasteiger partial charge < -0.3 is 14.6 Å². The van der Waals surface area contributed by atoms with Crippen LogP contribution < -0.4 is 0 Å². The summed E-state index contributed by atoms with van der Waals surface area (Å²) in [5.41, 5.74) is -1.10. The van der Waals surface area contributed by atoms with E-state index in [4.69, 9.17) is 15.9 Å². The number of terminal acetylenes is 1. The molecule has 1 N–H and O–H groups in total. The van der Waals surface area contributed by atoms with Gasteiger partial charge in [-0.3, -0.25) is 0 Å². The second-order valence-corrected chi connectivity index (χ2v) is 6.70. The number of methoxy groups -OCH3 is 2. The summed E-state index contributed by atoms with van der Waals surface area (Å²) in [6.45, 7) is 0. The van der Waals surface area contributed by atoms with Crippen molar-refractivity contribution in [2.75, 3.05) is 14.2 Å². The normalized spacial score (nSPS) is 38.5. The highest BCUT2D eigenvalue weighted by Crippen LogP contribution is 2.44. The van der Waals surface area contributed by atoms with Crippen LogP contribution in [0.3, 0.4) is 0 Å². The van der Waals surface area contributed by atoms with E-state index in [9.17, 15) is 10.4 Å². The third-order valence-corrected chi connectivity index (χ3v) is 5.74. The molecular formula is C18H27NO3. The van der Waals surface area contributed by atoms with E-state index in [0.29, 0.717) is 6.42 Å². The molecule has 0 aliphatic heterocycles. The minimum Gasteiger partial charge on any atom is -0.381 e. The summed E-state index contributed by atoms with van der Waals surface area (Å²) >= 11 is 0. The molecule has 4 heteroatoms. The predicted molar refractivity (Wildman–Crippen MR) is 83.8 cm³/mol. The Morgan fingerprint density at radius 3 is 2.18 bits per heavy atom. The summed E-state index contributed by atoms with van der Waals surface area (Å²) in [5.74, 6) is 2.60. The minimum atomic E-state index is -1.10. The average molecular weight is 305 g/mol. The molecular weight excluding hydrogens is 278 g/mol. The van der Waals surface area contributed by atoms with Crippen LogP contribution in [0.15, 0.2) is 0 Å². The largest absolute Gasteiger partial charge is 0.381 e. The molecule has 0 aromatic rings. The topological polar surface area (TPSA) is 62.5 Å². The van der Waals surface area contributed by atoms with E-state index in [1.54, 1.807) is 14.2 Å². The lowest BCUT2D eigenvalue weighted by atomic mass is 9.64. The number of rotatable bonds is 4. The second-order valence-electron chi connectivity index (χ2n) is 6.70. The van der Waals surface area contributed by atoms with Gasteiger partial charge in [-0.1, -0.05) is 5.92 Å². The number of hydrogen-bond donors (Lipinski definition) is 1. The van der Waals surface area contributed by atoms with Gasteiger partial charge in [0.1, 0.15) is 5.60 Å². The van der Waals surface area contributed by atoms with Crippen molar-refractivity contribution in [3.63, 3.8) is 0 Å². The van der Waals surface area contributed by atoms with E-state index in [2.05, 4.69) is 12.0 Å². The lowest BCUT2D eigenvalue weighted by Gasteiger charge is -2.45. The Hall–Kier alpha value is -1.07. The van der Waals surface area contributed by atoms with Gasteiger partial charge in [0.15, 0.2) is 0 Å². The zero-order valence-electron chi connectivity index (χ0n) is 13.6. The average Bonchev–Trinajstić information content (AvgIpc) is 2.60. The maximum atomic E-state index is 11.2. The van der Waals surface area contributed by atoms with Gasteiger partial charge in [0.05, 0.1) is 24.2 Å². The molecule has 0 heterocycles. The van der Waals surface area contributed by atoms with Crippen molar-refractivity contribution in [2.45, 2.75) is 62.8 Å². The van der Waals surface area contributed by atoms with E-state index in [0.717, 1.165) is 38.5 Å². The Kier molecular flexibility index (Phi) is 5.87. The molecule has 2 fully saturated rings. The Morgan fingerprint density at radius 2 is 1.68 bits per heavy atom. The molecule has 0 aromatic carbocycles. The molecule has 0 bridgehead atoms. The third kappa shape index (κ3) is 3.30. The first kappa shape index (κ1) is 17.3. The smallest absolute Gasteiger partial charge is 0.130 e. The summed E-state index contributed by atoms with van der Waals surface area (Å²) in [5, 5.41) is 20.5. The molecule has 0 aromatic heterocycles. The molecule has 2 aliphatic carbocycles. The van der Waals surface area contributed by atoms with Crippen molar-refractivity contribution < 1.29 is 14.6 Å². The minimum absolute atomic E-state index is 0.0161. The molecule has 4 nitrogen and oxygen atoms in total. The van der Waals surface area contributed by atoms with Crippen LogP contribution in [0.5, 0.6) is 0 Å². The summed E-state index contributed by atoms with van der Waals surface area (Å²) in [6.07, 6.45) is 11.9. The van der Waals surface area contributed by atoms with Gasteiger partial charge >= 0.3 is 0 Å². The van der Waals surface area contributed by atoms with Crippen LogP contribution in [0.1, 0.15) is 44.9 Å². The number of ether oxygens (including phenoxy) is 2. The van der Waals surface area contributed by atoms with Crippen LogP contribution in [-0.2, 0) is 9.47 Å². The molecule has 0 saturated heterocycles. The highest BCUT2D eigenvalue weighted by atomic mass is 16.5. The van der Waals surface area contributed by atoms with Crippen molar-refractivity contribution in [3.05, 3.63) is 0 Å². The van der Waals surface area contributed by atoms with Crippen LogP contribution in [0.25, 0.3) is 0 Å². The maximum absolute atomic E-state index is 11.2. The molecule has 2 aliphatic rings. The highest BCUT2D eigenvalue weighted by molar-refractivity contribution is 5.16. The molecule has 4 unspecified atom stereocenters. The van der Waals surface area contributed by atoms with Crippen molar-refractivity contribution in [2.24, 2.45) is 17.8 Å². The lowest BCUT2D eigenvalue weighted by Crippen LogP contribution is -2.49. The number of aliphatic hydroxyl groups is 1. The van der Waals surface area contributed by atoms with E-state index in [1.807, 2.05) is 0 Å². The standard InChI is InChI=1S/C18H27NO3/c1-4-18(20,14-5-8-16(21-2)9-6-14)15-7-10-17(22-3)13(11-15)12-19/h1,13-17,20H,5-11H2,2-3H3. The van der Waals surface area contributed by atoms with Crippen LogP contribution >= 0.6 is 0 Å². The molecule has 0 spiro atoms. The van der Waals surface area contributed by atoms with Crippen molar-refractivity contribution in [1.82, 2.24) is 0 Å². The summed E-state index contributed by atoms with van der Waals surface area (Å²) < 4.78 is 10.8. The molecule has 122 valence electrons. The number of nitrogens with zero attached hydrogens (tertiary/aromatic N) is 1.